The molecule has 11 nitrogen and oxygen atoms in total. The molecule has 26 heavy (non-hydrogen) atoms. The van der Waals surface area contributed by atoms with Crippen molar-refractivity contribution in [3.63, 3.8) is 0 Å². The molecule has 0 aliphatic carbocycles. The smallest absolute Gasteiger partial charge is 0.337 e. The first-order valence-corrected chi connectivity index (χ1v) is 11.4. The van der Waals surface area contributed by atoms with E-state index in [1.807, 2.05) is 19.6 Å². The second-order valence-electron chi connectivity index (χ2n) is 7.14. The molecule has 1 unspecified atom stereocenters. The van der Waals surface area contributed by atoms with Crippen molar-refractivity contribution in [1.29, 1.82) is 0 Å². The molecule has 0 amide bonds. The van der Waals surface area contributed by atoms with Crippen LogP contribution in [0.5, 0.6) is 0 Å². The van der Waals surface area contributed by atoms with Crippen LogP contribution in [0.1, 0.15) is 13.8 Å². The number of esters is 1. The van der Waals surface area contributed by atoms with Crippen molar-refractivity contribution in [3.8, 4) is 0 Å². The molecule has 1 N–H and O–H groups in total. The van der Waals surface area contributed by atoms with Crippen LogP contribution in [0.2, 0.25) is 19.6 Å². The van der Waals surface area contributed by atoms with Gasteiger partial charge in [-0.3, -0.25) is 0 Å². The number of ether oxygens (including phenoxy) is 4. The Bertz CT molecular complexity index is 531. The lowest BCUT2D eigenvalue weighted by Gasteiger charge is -2.36. The van der Waals surface area contributed by atoms with Gasteiger partial charge in [-0.25, -0.2) is 14.9 Å². The molecule has 0 spiro atoms. The fourth-order valence-electron chi connectivity index (χ4n) is 2.65. The lowest BCUT2D eigenvalue weighted by Crippen LogP contribution is -2.54. The molecule has 1 saturated heterocycles. The fourth-order valence-corrected chi connectivity index (χ4v) is 3.74. The molecule has 0 radical (unpaired) electrons. The van der Waals surface area contributed by atoms with Gasteiger partial charge in [-0.1, -0.05) is 5.11 Å². The third kappa shape index (κ3) is 5.89. The molecule has 12 heteroatoms. The number of methoxy groups -OCH3 is 2. The minimum atomic E-state index is -2.24. The zero-order valence-corrected chi connectivity index (χ0v) is 17.0. The number of azide groups is 1. The van der Waals surface area contributed by atoms with Crippen LogP contribution in [-0.2, 0) is 33.1 Å². The van der Waals surface area contributed by atoms with Crippen molar-refractivity contribution in [2.75, 3.05) is 14.2 Å². The van der Waals surface area contributed by atoms with Crippen molar-refractivity contribution >= 4 is 14.3 Å². The summed E-state index contributed by atoms with van der Waals surface area (Å²) in [5, 5.41) is 12.8. The first-order valence-electron chi connectivity index (χ1n) is 7.98. The Kier molecular flexibility index (Phi) is 7.98. The van der Waals surface area contributed by atoms with Crippen LogP contribution in [0.15, 0.2) is 5.11 Å². The molecule has 0 saturated carbocycles. The van der Waals surface area contributed by atoms with Gasteiger partial charge in [0.2, 0.25) is 6.29 Å². The molecule has 5 atom stereocenters. The van der Waals surface area contributed by atoms with E-state index in [1.54, 1.807) is 13.8 Å². The summed E-state index contributed by atoms with van der Waals surface area (Å²) in [6, 6.07) is -1.16. The van der Waals surface area contributed by atoms with Gasteiger partial charge < -0.3 is 23.4 Å². The largest absolute Gasteiger partial charge is 0.467 e. The van der Waals surface area contributed by atoms with E-state index in [1.165, 1.54) is 14.2 Å². The Balaban J connectivity index is 3.37. The minimum Gasteiger partial charge on any atom is -0.467 e. The van der Waals surface area contributed by atoms with Crippen LogP contribution >= 0.6 is 0 Å². The van der Waals surface area contributed by atoms with Gasteiger partial charge in [-0.15, -0.1) is 0 Å². The third-order valence-electron chi connectivity index (χ3n) is 3.51. The van der Waals surface area contributed by atoms with Crippen molar-refractivity contribution in [3.05, 3.63) is 10.4 Å². The number of carbonyl (C=O) groups is 1. The van der Waals surface area contributed by atoms with E-state index in [9.17, 15) is 4.79 Å². The summed E-state index contributed by atoms with van der Waals surface area (Å²) in [5.41, 5.74) is 8.95. The SMILES string of the molecule is COC(=O)[C@H]1OC(C)(C)O[C@H]1[C@H](O[Si](C)(C)C)[C@H](N=[N+]=[N-])C(OC)OO. The number of hydrogen-bond donors (Lipinski definition) is 1. The Morgan fingerprint density at radius 2 is 1.92 bits per heavy atom. The average molecular weight is 393 g/mol. The minimum absolute atomic E-state index is 0.664. The topological polar surface area (TPSA) is 141 Å². The summed E-state index contributed by atoms with van der Waals surface area (Å²) in [7, 11) is 0.253. The third-order valence-corrected chi connectivity index (χ3v) is 4.49. The summed E-state index contributed by atoms with van der Waals surface area (Å²) in [6.07, 6.45) is -4.44. The van der Waals surface area contributed by atoms with Gasteiger partial charge in [-0.05, 0) is 39.0 Å². The van der Waals surface area contributed by atoms with E-state index in [-0.39, 0.29) is 0 Å². The molecule has 1 fully saturated rings. The van der Waals surface area contributed by atoms with Crippen LogP contribution in [0.25, 0.3) is 10.4 Å². The summed E-state index contributed by atoms with van der Waals surface area (Å²) in [4.78, 5) is 19.2. The van der Waals surface area contributed by atoms with Crippen molar-refractivity contribution < 1.29 is 38.3 Å². The Morgan fingerprint density at radius 1 is 1.31 bits per heavy atom. The highest BCUT2D eigenvalue weighted by molar-refractivity contribution is 6.69. The molecule has 1 aliphatic heterocycles. The van der Waals surface area contributed by atoms with Gasteiger partial charge in [0.1, 0.15) is 12.1 Å². The highest BCUT2D eigenvalue weighted by Gasteiger charge is 2.53. The maximum atomic E-state index is 12.2. The number of rotatable bonds is 9. The molecule has 1 rings (SSSR count). The molecule has 1 aliphatic rings. The summed E-state index contributed by atoms with van der Waals surface area (Å²) >= 11 is 0. The van der Waals surface area contributed by atoms with E-state index < -0.39 is 50.7 Å². The van der Waals surface area contributed by atoms with Crippen LogP contribution in [-0.4, -0.2) is 70.2 Å². The normalized spacial score (nSPS) is 25.8. The van der Waals surface area contributed by atoms with Gasteiger partial charge in [-0.2, -0.15) is 0 Å². The highest BCUT2D eigenvalue weighted by Crippen LogP contribution is 2.35. The number of nitrogens with zero attached hydrogens (tertiary/aromatic N) is 3. The van der Waals surface area contributed by atoms with Crippen molar-refractivity contribution in [1.82, 2.24) is 0 Å². The zero-order chi connectivity index (χ0) is 20.1. The maximum absolute atomic E-state index is 12.2. The summed E-state index contributed by atoms with van der Waals surface area (Å²) in [6.45, 7) is 8.98. The predicted molar refractivity (Wildman–Crippen MR) is 91.5 cm³/mol. The van der Waals surface area contributed by atoms with Crippen LogP contribution in [0.3, 0.4) is 0 Å². The standard InChI is InChI=1S/C14H27N3O8Si/c1-14(2)22-10(11(23-14)12(18)20-3)9(25-26(5,6)7)8(16-17-15)13(21-4)24-19/h8-11,13,19H,1-7H3/t8-,9+,10-,11-,13?/m0/s1. The number of hydrogen-bond acceptors (Lipinski definition) is 9. The van der Waals surface area contributed by atoms with Crippen molar-refractivity contribution in [2.45, 2.75) is 69.9 Å². The van der Waals surface area contributed by atoms with Crippen LogP contribution < -0.4 is 0 Å². The predicted octanol–water partition coefficient (Wildman–Crippen LogP) is 2.04. The van der Waals surface area contributed by atoms with E-state index in [2.05, 4.69) is 14.9 Å². The van der Waals surface area contributed by atoms with E-state index in [4.69, 9.17) is 34.2 Å². The lowest BCUT2D eigenvalue weighted by atomic mass is 10.0. The lowest BCUT2D eigenvalue weighted by molar-refractivity contribution is -0.350. The average Bonchev–Trinajstić information content (AvgIpc) is 2.87. The molecule has 0 aromatic rings. The summed E-state index contributed by atoms with van der Waals surface area (Å²) < 4.78 is 27.4. The maximum Gasteiger partial charge on any atom is 0.337 e. The molecule has 0 bridgehead atoms. The quantitative estimate of drug-likeness (QED) is 0.0916. The molecule has 1 heterocycles. The summed E-state index contributed by atoms with van der Waals surface area (Å²) in [5.74, 6) is -1.77. The van der Waals surface area contributed by atoms with Gasteiger partial charge >= 0.3 is 5.97 Å². The zero-order valence-electron chi connectivity index (χ0n) is 16.0. The highest BCUT2D eigenvalue weighted by atomic mass is 28.4. The molecular formula is C14H27N3O8Si. The molecular weight excluding hydrogens is 366 g/mol. The first kappa shape index (κ1) is 22.8. The van der Waals surface area contributed by atoms with E-state index in [0.29, 0.717) is 0 Å². The molecule has 150 valence electrons. The Labute approximate surface area is 153 Å². The Hall–Kier alpha value is -1.24. The second kappa shape index (κ2) is 9.11. The fraction of sp³-hybridized carbons (Fsp3) is 0.929. The molecule has 0 aromatic heterocycles. The van der Waals surface area contributed by atoms with Crippen molar-refractivity contribution in [2.24, 2.45) is 5.11 Å². The van der Waals surface area contributed by atoms with Crippen LogP contribution in [0, 0.1) is 0 Å². The van der Waals surface area contributed by atoms with E-state index >= 15 is 0 Å². The molecule has 0 aromatic carbocycles. The van der Waals surface area contributed by atoms with E-state index in [0.717, 1.165) is 0 Å². The van der Waals surface area contributed by atoms with Gasteiger partial charge in [0.05, 0.1) is 13.2 Å². The van der Waals surface area contributed by atoms with Crippen LogP contribution in [0.4, 0.5) is 0 Å². The van der Waals surface area contributed by atoms with Gasteiger partial charge in [0.15, 0.2) is 20.2 Å². The second-order valence-corrected chi connectivity index (χ2v) is 11.6. The van der Waals surface area contributed by atoms with Gasteiger partial charge in [0.25, 0.3) is 0 Å². The Morgan fingerprint density at radius 3 is 2.35 bits per heavy atom. The monoisotopic (exact) mass is 393 g/mol. The first-order chi connectivity index (χ1) is 12.0. The number of carbonyl (C=O) groups excluding carboxylic acids is 1. The van der Waals surface area contributed by atoms with Gasteiger partial charge in [0, 0.05) is 12.0 Å².